The van der Waals surface area contributed by atoms with E-state index in [0.29, 0.717) is 5.69 Å². The molecule has 2 aromatic rings. The van der Waals surface area contributed by atoms with Gasteiger partial charge in [-0.05, 0) is 30.9 Å². The van der Waals surface area contributed by atoms with Gasteiger partial charge in [0.1, 0.15) is 5.82 Å². The third kappa shape index (κ3) is 4.04. The number of carbonyl (C=O) groups is 1. The van der Waals surface area contributed by atoms with Crippen molar-refractivity contribution in [3.05, 3.63) is 57.5 Å². The van der Waals surface area contributed by atoms with Crippen LogP contribution in [0.2, 0.25) is 0 Å². The highest BCUT2D eigenvalue weighted by Crippen LogP contribution is 2.23. The molecule has 0 aliphatic heterocycles. The molecule has 0 aliphatic carbocycles. The number of nitrogens with zero attached hydrogens (tertiary/aromatic N) is 2. The van der Waals surface area contributed by atoms with Gasteiger partial charge in [-0.2, -0.15) is 0 Å². The van der Waals surface area contributed by atoms with Crippen LogP contribution in [0.15, 0.2) is 35.5 Å². The van der Waals surface area contributed by atoms with Gasteiger partial charge in [0.15, 0.2) is 0 Å². The Morgan fingerprint density at radius 3 is 2.74 bits per heavy atom. The van der Waals surface area contributed by atoms with Crippen LogP contribution in [0.1, 0.15) is 22.8 Å². The molecule has 2 rings (SSSR count). The van der Waals surface area contributed by atoms with E-state index in [0.717, 1.165) is 22.9 Å². The summed E-state index contributed by atoms with van der Waals surface area (Å²) < 4.78 is 13.7. The first-order chi connectivity index (χ1) is 10.9. The molecule has 0 aliphatic rings. The average Bonchev–Trinajstić information content (AvgIpc) is 2.51. The largest absolute Gasteiger partial charge is 0.321 e. The second-order valence-electron chi connectivity index (χ2n) is 4.63. The Bertz CT molecular complexity index is 750. The molecule has 1 amide bonds. The molecular weight excluding hydrogens is 321 g/mol. The van der Waals surface area contributed by atoms with Crippen molar-refractivity contribution in [3.63, 3.8) is 0 Å². The van der Waals surface area contributed by atoms with Crippen LogP contribution in [-0.2, 0) is 0 Å². The van der Waals surface area contributed by atoms with Gasteiger partial charge in [-0.15, -0.1) is 11.8 Å². The van der Waals surface area contributed by atoms with Crippen LogP contribution in [-0.4, -0.2) is 21.6 Å². The monoisotopic (exact) mass is 335 g/mol. The van der Waals surface area contributed by atoms with E-state index in [-0.39, 0.29) is 11.1 Å². The van der Waals surface area contributed by atoms with E-state index in [4.69, 9.17) is 0 Å². The van der Waals surface area contributed by atoms with Gasteiger partial charge in [0.2, 0.25) is 0 Å². The molecule has 23 heavy (non-hydrogen) atoms. The summed E-state index contributed by atoms with van der Waals surface area (Å²) in [6.45, 7) is 3.30. The quantitative estimate of drug-likeness (QED) is 0.510. The zero-order valence-electron chi connectivity index (χ0n) is 12.5. The van der Waals surface area contributed by atoms with Crippen molar-refractivity contribution in [2.24, 2.45) is 0 Å². The summed E-state index contributed by atoms with van der Waals surface area (Å²) >= 11 is 1.56. The maximum atomic E-state index is 13.7. The topological polar surface area (TPSA) is 85.1 Å². The summed E-state index contributed by atoms with van der Waals surface area (Å²) in [7, 11) is 0. The van der Waals surface area contributed by atoms with Gasteiger partial charge in [-0.3, -0.25) is 14.9 Å². The molecule has 0 saturated heterocycles. The lowest BCUT2D eigenvalue weighted by Gasteiger charge is -2.07. The van der Waals surface area contributed by atoms with E-state index in [9.17, 15) is 19.3 Å². The van der Waals surface area contributed by atoms with E-state index >= 15 is 0 Å². The average molecular weight is 335 g/mol. The number of rotatable bonds is 5. The number of thioether (sulfide) groups is 1. The number of aromatic nitrogens is 1. The number of anilines is 1. The van der Waals surface area contributed by atoms with Crippen LogP contribution in [0, 0.1) is 22.9 Å². The summed E-state index contributed by atoms with van der Waals surface area (Å²) in [6, 6.07) is 5.46. The molecule has 0 bridgehead atoms. The Hall–Kier alpha value is -2.48. The lowest BCUT2D eigenvalue weighted by Crippen LogP contribution is -2.13. The number of hydrogen-bond acceptors (Lipinski definition) is 5. The summed E-state index contributed by atoms with van der Waals surface area (Å²) in [6.07, 6.45) is 1.48. The van der Waals surface area contributed by atoms with Crippen molar-refractivity contribution in [1.29, 1.82) is 0 Å². The lowest BCUT2D eigenvalue weighted by atomic mass is 10.1. The smallest absolute Gasteiger partial charge is 0.276 e. The van der Waals surface area contributed by atoms with Gasteiger partial charge in [-0.1, -0.05) is 6.92 Å². The SMILES string of the molecule is CCSc1ccc(NC(=O)c2cc(F)c(C)c([N+](=O)[O-])c2)cn1. The van der Waals surface area contributed by atoms with Gasteiger partial charge in [0.25, 0.3) is 11.6 Å². The van der Waals surface area contributed by atoms with Crippen LogP contribution in [0.4, 0.5) is 15.8 Å². The number of hydrogen-bond donors (Lipinski definition) is 1. The fourth-order valence-corrected chi connectivity index (χ4v) is 2.46. The van der Waals surface area contributed by atoms with Crippen LogP contribution >= 0.6 is 11.8 Å². The number of nitro benzene ring substituents is 1. The van der Waals surface area contributed by atoms with Gasteiger partial charge >= 0.3 is 0 Å². The molecule has 0 spiro atoms. The fourth-order valence-electron chi connectivity index (χ4n) is 1.88. The van der Waals surface area contributed by atoms with E-state index in [1.807, 2.05) is 6.92 Å². The van der Waals surface area contributed by atoms with Crippen molar-refractivity contribution in [1.82, 2.24) is 4.98 Å². The molecule has 1 aromatic heterocycles. The molecular formula is C15H14FN3O3S. The molecule has 0 saturated carbocycles. The van der Waals surface area contributed by atoms with Crippen LogP contribution in [0.5, 0.6) is 0 Å². The fraction of sp³-hybridized carbons (Fsp3) is 0.200. The minimum atomic E-state index is -0.794. The highest BCUT2D eigenvalue weighted by molar-refractivity contribution is 7.99. The van der Waals surface area contributed by atoms with Crippen molar-refractivity contribution in [2.45, 2.75) is 18.9 Å². The van der Waals surface area contributed by atoms with Crippen LogP contribution in [0.25, 0.3) is 0 Å². The maximum Gasteiger partial charge on any atom is 0.276 e. The first kappa shape index (κ1) is 16.9. The predicted molar refractivity (Wildman–Crippen MR) is 86.4 cm³/mol. The first-order valence-corrected chi connectivity index (χ1v) is 7.75. The highest BCUT2D eigenvalue weighted by Gasteiger charge is 2.19. The van der Waals surface area contributed by atoms with Crippen LogP contribution in [0.3, 0.4) is 0 Å². The standard InChI is InChI=1S/C15H14FN3O3S/c1-3-23-14-5-4-11(8-17-14)18-15(20)10-6-12(16)9(2)13(7-10)19(21)22/h4-8H,3H2,1-2H3,(H,18,20). The summed E-state index contributed by atoms with van der Waals surface area (Å²) in [5.41, 5.74) is -0.219. The number of benzene rings is 1. The minimum Gasteiger partial charge on any atom is -0.321 e. The Balaban J connectivity index is 2.22. The molecule has 0 fully saturated rings. The second kappa shape index (κ2) is 7.19. The molecule has 1 heterocycles. The minimum absolute atomic E-state index is 0.103. The highest BCUT2D eigenvalue weighted by atomic mass is 32.2. The van der Waals surface area contributed by atoms with Crippen LogP contribution < -0.4 is 5.32 Å². The van der Waals surface area contributed by atoms with Gasteiger partial charge < -0.3 is 5.32 Å². The van der Waals surface area contributed by atoms with Crippen molar-refractivity contribution < 1.29 is 14.1 Å². The Labute approximate surface area is 136 Å². The van der Waals surface area contributed by atoms with Crippen molar-refractivity contribution in [2.75, 3.05) is 11.1 Å². The molecule has 0 unspecified atom stereocenters. The van der Waals surface area contributed by atoms with Gasteiger partial charge in [-0.25, -0.2) is 9.37 Å². The molecule has 120 valence electrons. The number of pyridine rings is 1. The maximum absolute atomic E-state index is 13.7. The summed E-state index contributed by atoms with van der Waals surface area (Å²) in [5.74, 6) is -0.549. The van der Waals surface area contributed by atoms with E-state index in [2.05, 4.69) is 10.3 Å². The van der Waals surface area contributed by atoms with E-state index in [1.54, 1.807) is 23.9 Å². The number of nitro groups is 1. The van der Waals surface area contributed by atoms with Gasteiger partial charge in [0, 0.05) is 11.6 Å². The Morgan fingerprint density at radius 1 is 1.43 bits per heavy atom. The summed E-state index contributed by atoms with van der Waals surface area (Å²) in [5, 5.41) is 14.3. The Kier molecular flexibility index (Phi) is 5.28. The third-order valence-corrected chi connectivity index (χ3v) is 3.89. The molecule has 8 heteroatoms. The number of carbonyl (C=O) groups excluding carboxylic acids is 1. The van der Waals surface area contributed by atoms with Crippen molar-refractivity contribution >= 4 is 29.0 Å². The van der Waals surface area contributed by atoms with Crippen molar-refractivity contribution in [3.8, 4) is 0 Å². The molecule has 1 N–H and O–H groups in total. The molecule has 1 aromatic carbocycles. The summed E-state index contributed by atoms with van der Waals surface area (Å²) in [4.78, 5) is 26.5. The number of amides is 1. The number of nitrogens with one attached hydrogen (secondary N) is 1. The zero-order chi connectivity index (χ0) is 17.0. The lowest BCUT2D eigenvalue weighted by molar-refractivity contribution is -0.385. The second-order valence-corrected chi connectivity index (χ2v) is 5.92. The first-order valence-electron chi connectivity index (χ1n) is 6.77. The zero-order valence-corrected chi connectivity index (χ0v) is 13.3. The van der Waals surface area contributed by atoms with E-state index in [1.165, 1.54) is 13.1 Å². The number of halogens is 1. The Morgan fingerprint density at radius 2 is 2.17 bits per heavy atom. The molecule has 6 nitrogen and oxygen atoms in total. The molecule has 0 radical (unpaired) electrons. The predicted octanol–water partition coefficient (Wildman–Crippen LogP) is 3.80. The van der Waals surface area contributed by atoms with Gasteiger partial charge in [0.05, 0.1) is 27.4 Å². The van der Waals surface area contributed by atoms with E-state index < -0.39 is 22.3 Å². The molecule has 0 atom stereocenters. The third-order valence-electron chi connectivity index (χ3n) is 3.06. The normalized spacial score (nSPS) is 10.4.